The van der Waals surface area contributed by atoms with Gasteiger partial charge in [-0.25, -0.2) is 0 Å². The third-order valence-electron chi connectivity index (χ3n) is 1.99. The van der Waals surface area contributed by atoms with Gasteiger partial charge in [-0.1, -0.05) is 0 Å². The topological polar surface area (TPSA) is 47.6 Å². The zero-order valence-corrected chi connectivity index (χ0v) is 8.85. The van der Waals surface area contributed by atoms with Crippen LogP contribution in [0.5, 0.6) is 0 Å². The average Bonchev–Trinajstić information content (AvgIpc) is 2.14. The number of methoxy groups -OCH3 is 1. The molecule has 0 aliphatic rings. The minimum Gasteiger partial charge on any atom is -0.469 e. The Hall–Kier alpha value is -0.610. The predicted molar refractivity (Wildman–Crippen MR) is 50.6 cm³/mol. The first-order chi connectivity index (χ1) is 6.08. The van der Waals surface area contributed by atoms with Crippen LogP contribution < -0.4 is 5.32 Å². The van der Waals surface area contributed by atoms with Gasteiger partial charge in [0.1, 0.15) is 0 Å². The average molecular weight is 189 g/mol. The second-order valence-electron chi connectivity index (χ2n) is 3.20. The van der Waals surface area contributed by atoms with Crippen molar-refractivity contribution in [2.24, 2.45) is 0 Å². The van der Waals surface area contributed by atoms with Crippen LogP contribution in [0.2, 0.25) is 0 Å². The number of hydrogen-bond donors (Lipinski definition) is 1. The van der Waals surface area contributed by atoms with Gasteiger partial charge < -0.3 is 14.8 Å². The molecule has 1 unspecified atom stereocenters. The predicted octanol–water partition coefficient (Wildman–Crippen LogP) is 0.564. The lowest BCUT2D eigenvalue weighted by atomic mass is 9.99. The summed E-state index contributed by atoms with van der Waals surface area (Å²) in [4.78, 5) is 11.0. The SMILES string of the molecule is CCOCC(C)(CC(=O)OC)NC. The van der Waals surface area contributed by atoms with Crippen LogP contribution in [0.3, 0.4) is 0 Å². The summed E-state index contributed by atoms with van der Waals surface area (Å²) in [6, 6.07) is 0. The molecule has 0 aromatic heterocycles. The molecule has 0 bridgehead atoms. The fourth-order valence-corrected chi connectivity index (χ4v) is 0.930. The lowest BCUT2D eigenvalue weighted by Gasteiger charge is -2.27. The number of rotatable bonds is 6. The Morgan fingerprint density at radius 3 is 2.54 bits per heavy atom. The number of hydrogen-bond acceptors (Lipinski definition) is 4. The molecule has 0 fully saturated rings. The Bertz CT molecular complexity index is 161. The van der Waals surface area contributed by atoms with Gasteiger partial charge in [-0.2, -0.15) is 0 Å². The third kappa shape index (κ3) is 4.85. The van der Waals surface area contributed by atoms with E-state index < -0.39 is 0 Å². The highest BCUT2D eigenvalue weighted by molar-refractivity contribution is 5.70. The minimum atomic E-state index is -0.330. The molecular weight excluding hydrogens is 170 g/mol. The Labute approximate surface area is 79.6 Å². The van der Waals surface area contributed by atoms with E-state index in [1.807, 2.05) is 20.9 Å². The standard InChI is InChI=1S/C9H19NO3/c1-5-13-7-9(2,10-3)6-8(11)12-4/h10H,5-7H2,1-4H3. The number of likely N-dealkylation sites (N-methyl/N-ethyl adjacent to an activating group) is 1. The van der Waals surface area contributed by atoms with Gasteiger partial charge in [0, 0.05) is 12.1 Å². The highest BCUT2D eigenvalue weighted by Crippen LogP contribution is 2.10. The molecule has 0 aromatic rings. The Balaban J connectivity index is 4.02. The Morgan fingerprint density at radius 1 is 1.54 bits per heavy atom. The molecule has 4 heteroatoms. The molecule has 1 N–H and O–H groups in total. The Kier molecular flexibility index (Phi) is 5.66. The van der Waals surface area contributed by atoms with Gasteiger partial charge in [0.05, 0.1) is 20.1 Å². The molecule has 0 amide bonds. The normalized spacial score (nSPS) is 15.1. The second kappa shape index (κ2) is 5.94. The van der Waals surface area contributed by atoms with Crippen LogP contribution in [-0.4, -0.2) is 38.9 Å². The van der Waals surface area contributed by atoms with Crippen molar-refractivity contribution in [1.29, 1.82) is 0 Å². The summed E-state index contributed by atoms with van der Waals surface area (Å²) in [7, 11) is 3.20. The monoisotopic (exact) mass is 189 g/mol. The van der Waals surface area contributed by atoms with Gasteiger partial charge >= 0.3 is 5.97 Å². The van der Waals surface area contributed by atoms with Gasteiger partial charge in [-0.05, 0) is 20.9 Å². The molecule has 0 rings (SSSR count). The van der Waals surface area contributed by atoms with Crippen molar-refractivity contribution in [1.82, 2.24) is 5.32 Å². The number of nitrogens with one attached hydrogen (secondary N) is 1. The number of ether oxygens (including phenoxy) is 2. The highest BCUT2D eigenvalue weighted by Gasteiger charge is 2.26. The van der Waals surface area contributed by atoms with Gasteiger partial charge in [-0.15, -0.1) is 0 Å². The largest absolute Gasteiger partial charge is 0.469 e. The van der Waals surface area contributed by atoms with E-state index in [4.69, 9.17) is 4.74 Å². The van der Waals surface area contributed by atoms with Crippen LogP contribution in [0.15, 0.2) is 0 Å². The summed E-state index contributed by atoms with van der Waals surface area (Å²) in [5.74, 6) is -0.225. The smallest absolute Gasteiger partial charge is 0.307 e. The Morgan fingerprint density at radius 2 is 2.15 bits per heavy atom. The van der Waals surface area contributed by atoms with E-state index in [1.165, 1.54) is 7.11 Å². The summed E-state index contributed by atoms with van der Waals surface area (Å²) >= 11 is 0. The molecule has 13 heavy (non-hydrogen) atoms. The quantitative estimate of drug-likeness (QED) is 0.620. The van der Waals surface area contributed by atoms with Gasteiger partial charge in [0.25, 0.3) is 0 Å². The molecular formula is C9H19NO3. The molecule has 4 nitrogen and oxygen atoms in total. The van der Waals surface area contributed by atoms with E-state index in [0.717, 1.165) is 0 Å². The molecule has 0 spiro atoms. The van der Waals surface area contributed by atoms with Gasteiger partial charge in [-0.3, -0.25) is 4.79 Å². The lowest BCUT2D eigenvalue weighted by molar-refractivity contribution is -0.142. The molecule has 0 heterocycles. The van der Waals surface area contributed by atoms with Crippen molar-refractivity contribution in [3.63, 3.8) is 0 Å². The van der Waals surface area contributed by atoms with Crippen LogP contribution in [-0.2, 0) is 14.3 Å². The molecule has 1 atom stereocenters. The number of carbonyl (C=O) groups is 1. The third-order valence-corrected chi connectivity index (χ3v) is 1.99. The molecule has 0 aliphatic carbocycles. The van der Waals surface area contributed by atoms with Crippen molar-refractivity contribution in [3.05, 3.63) is 0 Å². The molecule has 0 saturated heterocycles. The number of carbonyl (C=O) groups excluding carboxylic acids is 1. The van der Waals surface area contributed by atoms with Gasteiger partial charge in [0.15, 0.2) is 0 Å². The molecule has 78 valence electrons. The van der Waals surface area contributed by atoms with Crippen LogP contribution in [0.1, 0.15) is 20.3 Å². The minimum absolute atomic E-state index is 0.225. The van der Waals surface area contributed by atoms with Crippen molar-refractivity contribution >= 4 is 5.97 Å². The summed E-state index contributed by atoms with van der Waals surface area (Å²) in [6.07, 6.45) is 0.319. The van der Waals surface area contributed by atoms with E-state index >= 15 is 0 Å². The summed E-state index contributed by atoms with van der Waals surface area (Å²) < 4.78 is 9.86. The molecule has 0 saturated carbocycles. The van der Waals surface area contributed by atoms with Crippen LogP contribution in [0, 0.1) is 0 Å². The maximum Gasteiger partial charge on any atom is 0.307 e. The van der Waals surface area contributed by atoms with Crippen LogP contribution >= 0.6 is 0 Å². The highest BCUT2D eigenvalue weighted by atomic mass is 16.5. The van der Waals surface area contributed by atoms with E-state index in [-0.39, 0.29) is 11.5 Å². The van der Waals surface area contributed by atoms with Crippen LogP contribution in [0.4, 0.5) is 0 Å². The first-order valence-corrected chi connectivity index (χ1v) is 4.41. The maximum atomic E-state index is 11.0. The van der Waals surface area contributed by atoms with Gasteiger partial charge in [0.2, 0.25) is 0 Å². The van der Waals surface area contributed by atoms with Crippen molar-refractivity contribution in [3.8, 4) is 0 Å². The number of esters is 1. The fourth-order valence-electron chi connectivity index (χ4n) is 0.930. The van der Waals surface area contributed by atoms with Crippen molar-refractivity contribution in [2.45, 2.75) is 25.8 Å². The zero-order chi connectivity index (χ0) is 10.3. The summed E-state index contributed by atoms with van der Waals surface area (Å²) in [5.41, 5.74) is -0.330. The van der Waals surface area contributed by atoms with E-state index in [2.05, 4.69) is 10.1 Å². The van der Waals surface area contributed by atoms with Crippen molar-refractivity contribution in [2.75, 3.05) is 27.4 Å². The zero-order valence-electron chi connectivity index (χ0n) is 8.85. The first kappa shape index (κ1) is 12.4. The van der Waals surface area contributed by atoms with Crippen LogP contribution in [0.25, 0.3) is 0 Å². The summed E-state index contributed by atoms with van der Waals surface area (Å²) in [6.45, 7) is 5.02. The second-order valence-corrected chi connectivity index (χ2v) is 3.20. The van der Waals surface area contributed by atoms with E-state index in [1.54, 1.807) is 0 Å². The van der Waals surface area contributed by atoms with E-state index in [0.29, 0.717) is 19.6 Å². The fraction of sp³-hybridized carbons (Fsp3) is 0.889. The molecule has 0 aliphatic heterocycles. The maximum absolute atomic E-state index is 11.0. The first-order valence-electron chi connectivity index (χ1n) is 4.41. The van der Waals surface area contributed by atoms with Crippen molar-refractivity contribution < 1.29 is 14.3 Å². The summed E-state index contributed by atoms with van der Waals surface area (Å²) in [5, 5.41) is 3.05. The molecule has 0 aromatic carbocycles. The lowest BCUT2D eigenvalue weighted by Crippen LogP contribution is -2.46. The molecule has 0 radical (unpaired) electrons. The van der Waals surface area contributed by atoms with E-state index in [9.17, 15) is 4.79 Å².